The Morgan fingerprint density at radius 3 is 2.65 bits per heavy atom. The first-order chi connectivity index (χ1) is 9.38. The molecule has 106 valence electrons. The number of carboxylic acids is 1. The van der Waals surface area contributed by atoms with E-state index in [1.165, 1.54) is 0 Å². The average Bonchev–Trinajstić information content (AvgIpc) is 2.73. The molecule has 6 heteroatoms. The number of benzene rings is 1. The monoisotopic (exact) mass is 276 g/mol. The van der Waals surface area contributed by atoms with Crippen molar-refractivity contribution in [3.8, 4) is 0 Å². The van der Waals surface area contributed by atoms with E-state index in [1.807, 2.05) is 0 Å². The number of carbonyl (C=O) groups excluding carboxylic acids is 2. The zero-order valence-corrected chi connectivity index (χ0v) is 11.3. The minimum Gasteiger partial charge on any atom is -0.480 e. The lowest BCUT2D eigenvalue weighted by atomic mass is 10.0. The fourth-order valence-electron chi connectivity index (χ4n) is 2.11. The van der Waals surface area contributed by atoms with E-state index >= 15 is 0 Å². The predicted molar refractivity (Wildman–Crippen MR) is 72.5 cm³/mol. The van der Waals surface area contributed by atoms with Crippen LogP contribution in [0.1, 0.15) is 29.8 Å². The van der Waals surface area contributed by atoms with Crippen LogP contribution in [0.3, 0.4) is 0 Å². The summed E-state index contributed by atoms with van der Waals surface area (Å²) in [5.41, 5.74) is 1.80. The fourth-order valence-corrected chi connectivity index (χ4v) is 2.11. The van der Waals surface area contributed by atoms with Gasteiger partial charge < -0.3 is 15.7 Å². The maximum absolute atomic E-state index is 12.1. The highest BCUT2D eigenvalue weighted by Gasteiger charge is 2.25. The Morgan fingerprint density at radius 1 is 1.35 bits per heavy atom. The van der Waals surface area contributed by atoms with Gasteiger partial charge in [-0.15, -0.1) is 0 Å². The summed E-state index contributed by atoms with van der Waals surface area (Å²) in [5, 5.41) is 14.2. The van der Waals surface area contributed by atoms with Crippen molar-refractivity contribution >= 4 is 23.5 Å². The molecule has 0 saturated heterocycles. The van der Waals surface area contributed by atoms with E-state index in [0.29, 0.717) is 11.3 Å². The van der Waals surface area contributed by atoms with Crippen LogP contribution >= 0.6 is 0 Å². The van der Waals surface area contributed by atoms with Gasteiger partial charge in [-0.05, 0) is 29.7 Å². The molecule has 3 N–H and O–H groups in total. The Morgan fingerprint density at radius 2 is 2.05 bits per heavy atom. The molecule has 0 spiro atoms. The maximum atomic E-state index is 12.1. The number of hydrogen-bond acceptors (Lipinski definition) is 3. The Kier molecular flexibility index (Phi) is 3.74. The van der Waals surface area contributed by atoms with Crippen LogP contribution in [-0.2, 0) is 16.0 Å². The molecule has 2 amide bonds. The van der Waals surface area contributed by atoms with Crippen molar-refractivity contribution < 1.29 is 19.5 Å². The van der Waals surface area contributed by atoms with Gasteiger partial charge in [0.15, 0.2) is 0 Å². The number of fused-ring (bicyclic) bond motifs is 1. The molecule has 1 atom stereocenters. The standard InChI is InChI=1S/C14H16N2O4/c1-7(2)12(14(19)20)16-13(18)8-3-4-10-9(5-8)6-11(17)15-10/h3-5,7,12H,6H2,1-2H3,(H,15,17)(H,16,18)(H,19,20)/t12-/m0/s1. The highest BCUT2D eigenvalue weighted by Crippen LogP contribution is 2.23. The minimum atomic E-state index is -1.06. The Balaban J connectivity index is 2.16. The van der Waals surface area contributed by atoms with Crippen molar-refractivity contribution in [3.05, 3.63) is 29.3 Å². The van der Waals surface area contributed by atoms with Crippen LogP contribution in [0.25, 0.3) is 0 Å². The summed E-state index contributed by atoms with van der Waals surface area (Å²) >= 11 is 0. The molecule has 1 aromatic carbocycles. The molecule has 2 rings (SSSR count). The quantitative estimate of drug-likeness (QED) is 0.765. The molecular weight excluding hydrogens is 260 g/mol. The van der Waals surface area contributed by atoms with Crippen LogP contribution in [-0.4, -0.2) is 28.9 Å². The molecule has 0 aliphatic carbocycles. The van der Waals surface area contributed by atoms with Crippen LogP contribution in [0.5, 0.6) is 0 Å². The molecule has 6 nitrogen and oxygen atoms in total. The molecule has 0 aromatic heterocycles. The first-order valence-electron chi connectivity index (χ1n) is 6.35. The summed E-state index contributed by atoms with van der Waals surface area (Å²) in [6.07, 6.45) is 0.239. The summed E-state index contributed by atoms with van der Waals surface area (Å²) in [5.74, 6) is -1.84. The van der Waals surface area contributed by atoms with Gasteiger partial charge in [0.25, 0.3) is 5.91 Å². The number of nitrogens with one attached hydrogen (secondary N) is 2. The molecule has 1 aromatic rings. The van der Waals surface area contributed by atoms with E-state index < -0.39 is 17.9 Å². The third-order valence-corrected chi connectivity index (χ3v) is 3.21. The smallest absolute Gasteiger partial charge is 0.326 e. The van der Waals surface area contributed by atoms with Gasteiger partial charge in [-0.25, -0.2) is 4.79 Å². The first-order valence-corrected chi connectivity index (χ1v) is 6.35. The van der Waals surface area contributed by atoms with Crippen molar-refractivity contribution in [3.63, 3.8) is 0 Å². The van der Waals surface area contributed by atoms with Gasteiger partial charge in [0, 0.05) is 11.3 Å². The lowest BCUT2D eigenvalue weighted by molar-refractivity contribution is -0.140. The van der Waals surface area contributed by atoms with E-state index in [2.05, 4.69) is 10.6 Å². The molecule has 20 heavy (non-hydrogen) atoms. The molecule has 1 aliphatic rings. The second-order valence-electron chi connectivity index (χ2n) is 5.13. The Hall–Kier alpha value is -2.37. The predicted octanol–water partition coefficient (Wildman–Crippen LogP) is 1.02. The summed E-state index contributed by atoms with van der Waals surface area (Å²) in [4.78, 5) is 34.4. The minimum absolute atomic E-state index is 0.108. The van der Waals surface area contributed by atoms with Gasteiger partial charge in [-0.3, -0.25) is 9.59 Å². The van der Waals surface area contributed by atoms with E-state index in [0.717, 1.165) is 5.56 Å². The topological polar surface area (TPSA) is 95.5 Å². The van der Waals surface area contributed by atoms with Crippen LogP contribution in [0, 0.1) is 5.92 Å². The van der Waals surface area contributed by atoms with Crippen LogP contribution in [0.2, 0.25) is 0 Å². The third-order valence-electron chi connectivity index (χ3n) is 3.21. The number of carbonyl (C=O) groups is 3. The lowest BCUT2D eigenvalue weighted by Gasteiger charge is -2.18. The van der Waals surface area contributed by atoms with Crippen LogP contribution in [0.15, 0.2) is 18.2 Å². The van der Waals surface area contributed by atoms with Crippen molar-refractivity contribution in [2.24, 2.45) is 5.92 Å². The lowest BCUT2D eigenvalue weighted by Crippen LogP contribution is -2.44. The normalized spacial score (nSPS) is 14.7. The third kappa shape index (κ3) is 2.79. The van der Waals surface area contributed by atoms with Crippen LogP contribution in [0.4, 0.5) is 5.69 Å². The van der Waals surface area contributed by atoms with Crippen molar-refractivity contribution in [1.29, 1.82) is 0 Å². The van der Waals surface area contributed by atoms with Gasteiger partial charge >= 0.3 is 5.97 Å². The highest BCUT2D eigenvalue weighted by molar-refractivity contribution is 6.02. The molecule has 0 radical (unpaired) electrons. The van der Waals surface area contributed by atoms with E-state index in [4.69, 9.17) is 5.11 Å². The molecule has 0 unspecified atom stereocenters. The number of amides is 2. The Labute approximate surface area is 116 Å². The van der Waals surface area contributed by atoms with Gasteiger partial charge in [-0.2, -0.15) is 0 Å². The second-order valence-corrected chi connectivity index (χ2v) is 5.13. The average molecular weight is 276 g/mol. The van der Waals surface area contributed by atoms with Crippen molar-refractivity contribution in [1.82, 2.24) is 5.32 Å². The fraction of sp³-hybridized carbons (Fsp3) is 0.357. The number of aliphatic carboxylic acids is 1. The van der Waals surface area contributed by atoms with Gasteiger partial charge in [0.1, 0.15) is 6.04 Å². The van der Waals surface area contributed by atoms with Gasteiger partial charge in [0.05, 0.1) is 6.42 Å². The summed E-state index contributed by atoms with van der Waals surface area (Å²) in [6.45, 7) is 3.45. The Bertz CT molecular complexity index is 581. The van der Waals surface area contributed by atoms with E-state index in [1.54, 1.807) is 32.0 Å². The number of carboxylic acid groups (broad SMARTS) is 1. The zero-order chi connectivity index (χ0) is 14.9. The van der Waals surface area contributed by atoms with Crippen LogP contribution < -0.4 is 10.6 Å². The maximum Gasteiger partial charge on any atom is 0.326 e. The van der Waals surface area contributed by atoms with Crippen molar-refractivity contribution in [2.45, 2.75) is 26.3 Å². The second kappa shape index (κ2) is 5.32. The number of rotatable bonds is 4. The SMILES string of the molecule is CC(C)[C@H](NC(=O)c1ccc2c(c1)CC(=O)N2)C(=O)O. The molecule has 0 saturated carbocycles. The van der Waals surface area contributed by atoms with Gasteiger partial charge in [-0.1, -0.05) is 13.8 Å². The summed E-state index contributed by atoms with van der Waals surface area (Å²) < 4.78 is 0. The molecule has 1 aliphatic heterocycles. The molecule has 0 fully saturated rings. The summed E-state index contributed by atoms with van der Waals surface area (Å²) in [7, 11) is 0. The van der Waals surface area contributed by atoms with E-state index in [-0.39, 0.29) is 18.2 Å². The number of hydrogen-bond donors (Lipinski definition) is 3. The summed E-state index contributed by atoms with van der Waals surface area (Å²) in [6, 6.07) is 3.90. The molecular formula is C14H16N2O4. The molecule has 1 heterocycles. The number of anilines is 1. The highest BCUT2D eigenvalue weighted by atomic mass is 16.4. The van der Waals surface area contributed by atoms with E-state index in [9.17, 15) is 14.4 Å². The zero-order valence-electron chi connectivity index (χ0n) is 11.3. The first kappa shape index (κ1) is 14.0. The van der Waals surface area contributed by atoms with Crippen molar-refractivity contribution in [2.75, 3.05) is 5.32 Å². The largest absolute Gasteiger partial charge is 0.480 e. The molecule has 0 bridgehead atoms. The van der Waals surface area contributed by atoms with Gasteiger partial charge in [0.2, 0.25) is 5.91 Å².